The van der Waals surface area contributed by atoms with Crippen molar-refractivity contribution in [2.45, 2.75) is 19.9 Å². The summed E-state index contributed by atoms with van der Waals surface area (Å²) in [5.41, 5.74) is 0. The molecule has 1 aliphatic rings. The molecule has 0 spiro atoms. The molecule has 1 saturated heterocycles. The van der Waals surface area contributed by atoms with E-state index in [1.807, 2.05) is 11.2 Å². The second-order valence-corrected chi connectivity index (χ2v) is 5.97. The standard InChI is InChI=1S/C12H22N2O3S.ClH/c1-8(2)9-4-14(6-12(16)17)5-10(9)13-11(15)7-18-3;/h8-10H,4-7H2,1-3H3,(H,13,15)(H,16,17);1H/t9-,10+;/m1./s1. The van der Waals surface area contributed by atoms with Crippen molar-refractivity contribution in [3.8, 4) is 0 Å². The van der Waals surface area contributed by atoms with E-state index in [-0.39, 0.29) is 30.9 Å². The molecule has 7 heteroatoms. The number of carboxylic acids is 1. The number of likely N-dealkylation sites (tertiary alicyclic amines) is 1. The zero-order valence-corrected chi connectivity index (χ0v) is 13.2. The number of nitrogens with one attached hydrogen (secondary N) is 1. The zero-order valence-electron chi connectivity index (χ0n) is 11.6. The molecular weight excluding hydrogens is 288 g/mol. The molecule has 5 nitrogen and oxygen atoms in total. The number of halogens is 1. The quantitative estimate of drug-likeness (QED) is 0.764. The maximum Gasteiger partial charge on any atom is 0.317 e. The number of aliphatic carboxylic acids is 1. The van der Waals surface area contributed by atoms with E-state index in [0.717, 1.165) is 6.54 Å². The van der Waals surface area contributed by atoms with Crippen molar-refractivity contribution in [2.24, 2.45) is 11.8 Å². The van der Waals surface area contributed by atoms with Crippen molar-refractivity contribution in [1.29, 1.82) is 0 Å². The van der Waals surface area contributed by atoms with Crippen LogP contribution in [0.4, 0.5) is 0 Å². The summed E-state index contributed by atoms with van der Waals surface area (Å²) in [6.45, 7) is 5.66. The molecular formula is C12H23ClN2O3S. The van der Waals surface area contributed by atoms with Crippen LogP contribution in [-0.2, 0) is 9.59 Å². The fraction of sp³-hybridized carbons (Fsp3) is 0.833. The highest BCUT2D eigenvalue weighted by Crippen LogP contribution is 2.24. The van der Waals surface area contributed by atoms with Crippen molar-refractivity contribution in [3.63, 3.8) is 0 Å². The van der Waals surface area contributed by atoms with Gasteiger partial charge in [0, 0.05) is 19.1 Å². The van der Waals surface area contributed by atoms with Crippen LogP contribution in [-0.4, -0.2) is 59.6 Å². The molecule has 0 aromatic rings. The predicted octanol–water partition coefficient (Wildman–Crippen LogP) is 0.928. The second-order valence-electron chi connectivity index (χ2n) is 5.10. The number of hydrogen-bond acceptors (Lipinski definition) is 4. The minimum absolute atomic E-state index is 0. The van der Waals surface area contributed by atoms with Crippen LogP contribution in [0.25, 0.3) is 0 Å². The zero-order chi connectivity index (χ0) is 13.7. The number of carbonyl (C=O) groups is 2. The van der Waals surface area contributed by atoms with Gasteiger partial charge in [-0.1, -0.05) is 13.8 Å². The lowest BCUT2D eigenvalue weighted by atomic mass is 9.91. The summed E-state index contributed by atoms with van der Waals surface area (Å²) in [7, 11) is 0. The minimum atomic E-state index is -0.811. The van der Waals surface area contributed by atoms with Gasteiger partial charge in [0.05, 0.1) is 12.3 Å². The molecule has 1 amide bonds. The third-order valence-electron chi connectivity index (χ3n) is 3.28. The van der Waals surface area contributed by atoms with Crippen LogP contribution >= 0.6 is 24.2 Å². The van der Waals surface area contributed by atoms with E-state index in [0.29, 0.717) is 24.1 Å². The Morgan fingerprint density at radius 3 is 2.53 bits per heavy atom. The largest absolute Gasteiger partial charge is 0.480 e. The molecule has 0 aromatic carbocycles. The fourth-order valence-corrected chi connectivity index (χ4v) is 2.79. The number of carbonyl (C=O) groups excluding carboxylic acids is 1. The van der Waals surface area contributed by atoms with Crippen LogP contribution in [0.5, 0.6) is 0 Å². The summed E-state index contributed by atoms with van der Waals surface area (Å²) in [6.07, 6.45) is 1.89. The average molecular weight is 311 g/mol. The Kier molecular flexibility index (Phi) is 8.45. The highest BCUT2D eigenvalue weighted by atomic mass is 35.5. The molecule has 1 aliphatic heterocycles. The van der Waals surface area contributed by atoms with Crippen molar-refractivity contribution >= 4 is 36.0 Å². The SMILES string of the molecule is CSCC(=O)N[C@H]1CN(CC(=O)O)C[C@@H]1C(C)C.Cl. The molecule has 2 N–H and O–H groups in total. The smallest absolute Gasteiger partial charge is 0.317 e. The number of nitrogens with zero attached hydrogens (tertiary/aromatic N) is 1. The number of rotatable bonds is 6. The number of thioether (sulfide) groups is 1. The number of hydrogen-bond donors (Lipinski definition) is 2. The lowest BCUT2D eigenvalue weighted by Crippen LogP contribution is -2.43. The van der Waals surface area contributed by atoms with Gasteiger partial charge in [-0.15, -0.1) is 12.4 Å². The fourth-order valence-electron chi connectivity index (χ4n) is 2.44. The summed E-state index contributed by atoms with van der Waals surface area (Å²) in [5, 5.41) is 11.8. The third kappa shape index (κ3) is 6.01. The first-order valence-corrected chi connectivity index (χ1v) is 7.55. The molecule has 2 atom stereocenters. The Morgan fingerprint density at radius 2 is 2.05 bits per heavy atom. The van der Waals surface area contributed by atoms with E-state index in [1.54, 1.807) is 0 Å². The van der Waals surface area contributed by atoms with Crippen molar-refractivity contribution in [1.82, 2.24) is 10.2 Å². The number of carboxylic acid groups (broad SMARTS) is 1. The summed E-state index contributed by atoms with van der Waals surface area (Å²) >= 11 is 1.49. The normalized spacial score (nSPS) is 23.2. The minimum Gasteiger partial charge on any atom is -0.480 e. The highest BCUT2D eigenvalue weighted by Gasteiger charge is 2.35. The molecule has 0 radical (unpaired) electrons. The topological polar surface area (TPSA) is 69.6 Å². The van der Waals surface area contributed by atoms with Crippen molar-refractivity contribution in [2.75, 3.05) is 31.6 Å². The van der Waals surface area contributed by atoms with Gasteiger partial charge in [-0.25, -0.2) is 0 Å². The van der Waals surface area contributed by atoms with E-state index >= 15 is 0 Å². The van der Waals surface area contributed by atoms with E-state index in [1.165, 1.54) is 11.8 Å². The van der Waals surface area contributed by atoms with E-state index in [4.69, 9.17) is 5.11 Å². The summed E-state index contributed by atoms with van der Waals surface area (Å²) in [6, 6.07) is 0.0731. The Hall–Kier alpha value is -0.460. The highest BCUT2D eigenvalue weighted by molar-refractivity contribution is 7.99. The van der Waals surface area contributed by atoms with Crippen LogP contribution in [0, 0.1) is 11.8 Å². The first-order valence-electron chi connectivity index (χ1n) is 6.16. The second kappa shape index (κ2) is 8.66. The molecule has 1 heterocycles. The summed E-state index contributed by atoms with van der Waals surface area (Å²) in [5.74, 6) is 0.447. The van der Waals surface area contributed by atoms with Gasteiger partial charge in [0.15, 0.2) is 0 Å². The monoisotopic (exact) mass is 310 g/mol. The van der Waals surface area contributed by atoms with Gasteiger partial charge in [-0.05, 0) is 18.1 Å². The van der Waals surface area contributed by atoms with Crippen molar-refractivity contribution in [3.05, 3.63) is 0 Å². The first-order chi connectivity index (χ1) is 8.43. The van der Waals surface area contributed by atoms with Crippen LogP contribution in [0.3, 0.4) is 0 Å². The Bertz CT molecular complexity index is 315. The van der Waals surface area contributed by atoms with Gasteiger partial charge in [0.1, 0.15) is 0 Å². The molecule has 0 saturated carbocycles. The Morgan fingerprint density at radius 1 is 1.42 bits per heavy atom. The number of amides is 1. The lowest BCUT2D eigenvalue weighted by molar-refractivity contribution is -0.138. The molecule has 0 aromatic heterocycles. The molecule has 0 aliphatic carbocycles. The van der Waals surface area contributed by atoms with Gasteiger partial charge >= 0.3 is 5.97 Å². The van der Waals surface area contributed by atoms with E-state index in [2.05, 4.69) is 19.2 Å². The van der Waals surface area contributed by atoms with E-state index < -0.39 is 5.97 Å². The van der Waals surface area contributed by atoms with Crippen LogP contribution in [0.1, 0.15) is 13.8 Å². The maximum atomic E-state index is 11.6. The molecule has 0 bridgehead atoms. The van der Waals surface area contributed by atoms with Gasteiger partial charge in [0.2, 0.25) is 5.91 Å². The van der Waals surface area contributed by atoms with Gasteiger partial charge in [-0.3, -0.25) is 14.5 Å². The van der Waals surface area contributed by atoms with Crippen LogP contribution in [0.2, 0.25) is 0 Å². The lowest BCUT2D eigenvalue weighted by Gasteiger charge is -2.22. The van der Waals surface area contributed by atoms with Crippen LogP contribution in [0.15, 0.2) is 0 Å². The maximum absolute atomic E-state index is 11.6. The Labute approximate surface area is 124 Å². The van der Waals surface area contributed by atoms with Crippen LogP contribution < -0.4 is 5.32 Å². The molecule has 19 heavy (non-hydrogen) atoms. The molecule has 0 unspecified atom stereocenters. The summed E-state index contributed by atoms with van der Waals surface area (Å²) < 4.78 is 0. The Balaban J connectivity index is 0.00000324. The van der Waals surface area contributed by atoms with Gasteiger partial charge < -0.3 is 10.4 Å². The molecule has 112 valence electrons. The first kappa shape index (κ1) is 18.5. The third-order valence-corrected chi connectivity index (χ3v) is 3.83. The molecule has 1 rings (SSSR count). The van der Waals surface area contributed by atoms with Gasteiger partial charge in [0.25, 0.3) is 0 Å². The summed E-state index contributed by atoms with van der Waals surface area (Å²) in [4.78, 5) is 24.3. The van der Waals surface area contributed by atoms with Crippen molar-refractivity contribution < 1.29 is 14.7 Å². The predicted molar refractivity (Wildman–Crippen MR) is 80.0 cm³/mol. The van der Waals surface area contributed by atoms with E-state index in [9.17, 15) is 9.59 Å². The molecule has 1 fully saturated rings. The average Bonchev–Trinajstić information content (AvgIpc) is 2.60. The van der Waals surface area contributed by atoms with Gasteiger partial charge in [-0.2, -0.15) is 11.8 Å².